The lowest BCUT2D eigenvalue weighted by molar-refractivity contribution is 0.188. The summed E-state index contributed by atoms with van der Waals surface area (Å²) in [5.74, 6) is 1.49. The molecule has 4 unspecified atom stereocenters. The first kappa shape index (κ1) is 14.5. The van der Waals surface area contributed by atoms with Crippen molar-refractivity contribution < 1.29 is 4.43 Å². The van der Waals surface area contributed by atoms with Crippen LogP contribution in [0, 0.1) is 11.8 Å². The number of allylic oxidation sites excluding steroid dienone is 4. The van der Waals surface area contributed by atoms with Gasteiger partial charge in [0.2, 0.25) is 0 Å². The van der Waals surface area contributed by atoms with Crippen molar-refractivity contribution in [1.82, 2.24) is 0 Å². The molecule has 1 aromatic carbocycles. The number of benzene rings is 1. The van der Waals surface area contributed by atoms with Crippen LogP contribution in [0.3, 0.4) is 0 Å². The standard InChI is InChI=1S/C20H26OSi/c1-22(2,20-14-12-16-8-4-6-10-18(16)20)21-19-13-11-15-7-3-5-9-17(15)19/h3-10,16,18-20H,11-14H2,1-2H3. The summed E-state index contributed by atoms with van der Waals surface area (Å²) in [5, 5.41) is 0. The Morgan fingerprint density at radius 3 is 2.73 bits per heavy atom. The fraction of sp³-hybridized carbons (Fsp3) is 0.500. The summed E-state index contributed by atoms with van der Waals surface area (Å²) in [7, 11) is -1.70. The minimum Gasteiger partial charge on any atom is -0.410 e. The van der Waals surface area contributed by atoms with Crippen LogP contribution in [0.25, 0.3) is 0 Å². The van der Waals surface area contributed by atoms with E-state index in [9.17, 15) is 0 Å². The Morgan fingerprint density at radius 2 is 1.82 bits per heavy atom. The van der Waals surface area contributed by atoms with E-state index in [4.69, 9.17) is 4.43 Å². The lowest BCUT2D eigenvalue weighted by Crippen LogP contribution is -2.39. The van der Waals surface area contributed by atoms with Crippen molar-refractivity contribution in [3.05, 3.63) is 59.7 Å². The molecule has 0 saturated heterocycles. The van der Waals surface area contributed by atoms with Crippen molar-refractivity contribution in [3.8, 4) is 0 Å². The number of fused-ring (bicyclic) bond motifs is 2. The molecular formula is C20H26OSi. The Bertz CT molecular complexity index is 616. The molecule has 4 atom stereocenters. The monoisotopic (exact) mass is 310 g/mol. The van der Waals surface area contributed by atoms with Gasteiger partial charge in [0.25, 0.3) is 0 Å². The highest BCUT2D eigenvalue weighted by molar-refractivity contribution is 6.72. The molecule has 1 fully saturated rings. The van der Waals surface area contributed by atoms with Gasteiger partial charge in [0, 0.05) is 0 Å². The van der Waals surface area contributed by atoms with E-state index in [-0.39, 0.29) is 0 Å². The molecule has 1 aromatic rings. The van der Waals surface area contributed by atoms with Crippen LogP contribution >= 0.6 is 0 Å². The SMILES string of the molecule is C[Si](C)(OC1CCc2ccccc21)C1CCC2C=CC=CC21. The average molecular weight is 311 g/mol. The van der Waals surface area contributed by atoms with Gasteiger partial charge < -0.3 is 4.43 Å². The molecule has 2 heteroatoms. The third kappa shape index (κ3) is 2.43. The van der Waals surface area contributed by atoms with Crippen molar-refractivity contribution >= 4 is 8.32 Å². The van der Waals surface area contributed by atoms with E-state index in [1.165, 1.54) is 36.8 Å². The normalized spacial score (nSPS) is 33.0. The van der Waals surface area contributed by atoms with E-state index in [2.05, 4.69) is 61.7 Å². The number of rotatable bonds is 3. The average Bonchev–Trinajstić information content (AvgIpc) is 3.12. The van der Waals surface area contributed by atoms with Gasteiger partial charge in [-0.3, -0.25) is 0 Å². The zero-order chi connectivity index (χ0) is 15.2. The Hall–Kier alpha value is -1.12. The van der Waals surface area contributed by atoms with Crippen LogP contribution in [0.5, 0.6) is 0 Å². The zero-order valence-electron chi connectivity index (χ0n) is 13.7. The Labute approximate surface area is 135 Å². The first-order valence-electron chi connectivity index (χ1n) is 8.76. The Kier molecular flexibility index (Phi) is 3.62. The third-order valence-corrected chi connectivity index (χ3v) is 9.34. The smallest absolute Gasteiger partial charge is 0.191 e. The Morgan fingerprint density at radius 1 is 1.00 bits per heavy atom. The molecule has 0 N–H and O–H groups in total. The van der Waals surface area contributed by atoms with Crippen molar-refractivity contribution in [3.63, 3.8) is 0 Å². The molecule has 1 saturated carbocycles. The first-order chi connectivity index (χ1) is 10.6. The highest BCUT2D eigenvalue weighted by atomic mass is 28.4. The van der Waals surface area contributed by atoms with Crippen molar-refractivity contribution in [2.45, 2.75) is 50.4 Å². The van der Waals surface area contributed by atoms with E-state index in [1.54, 1.807) is 0 Å². The molecule has 3 aliphatic carbocycles. The molecule has 0 aromatic heterocycles. The molecule has 0 aliphatic heterocycles. The van der Waals surface area contributed by atoms with Crippen LogP contribution in [0.2, 0.25) is 18.6 Å². The summed E-state index contributed by atoms with van der Waals surface area (Å²) in [5.41, 5.74) is 3.73. The maximum absolute atomic E-state index is 6.84. The molecule has 0 bridgehead atoms. The molecule has 0 heterocycles. The molecule has 0 radical (unpaired) electrons. The molecule has 4 rings (SSSR count). The fourth-order valence-electron chi connectivity index (χ4n) is 4.86. The van der Waals surface area contributed by atoms with Crippen molar-refractivity contribution in [2.24, 2.45) is 11.8 Å². The van der Waals surface area contributed by atoms with Gasteiger partial charge in [0.05, 0.1) is 6.10 Å². The topological polar surface area (TPSA) is 9.23 Å². The molecule has 116 valence electrons. The van der Waals surface area contributed by atoms with Gasteiger partial charge in [-0.2, -0.15) is 0 Å². The Balaban J connectivity index is 1.53. The first-order valence-corrected chi connectivity index (χ1v) is 11.7. The maximum Gasteiger partial charge on any atom is 0.191 e. The van der Waals surface area contributed by atoms with Crippen molar-refractivity contribution in [1.29, 1.82) is 0 Å². The number of hydrogen-bond donors (Lipinski definition) is 0. The minimum absolute atomic E-state index is 0.347. The van der Waals surface area contributed by atoms with Crippen LogP contribution < -0.4 is 0 Å². The molecule has 1 nitrogen and oxygen atoms in total. The van der Waals surface area contributed by atoms with E-state index in [0.717, 1.165) is 17.4 Å². The predicted molar refractivity (Wildman–Crippen MR) is 94.3 cm³/mol. The lowest BCUT2D eigenvalue weighted by atomic mass is 9.92. The van der Waals surface area contributed by atoms with Crippen LogP contribution in [-0.2, 0) is 10.8 Å². The van der Waals surface area contributed by atoms with Crippen molar-refractivity contribution in [2.75, 3.05) is 0 Å². The van der Waals surface area contributed by atoms with Gasteiger partial charge in [0.1, 0.15) is 0 Å². The minimum atomic E-state index is -1.70. The van der Waals surface area contributed by atoms with E-state index in [0.29, 0.717) is 6.10 Å². The highest BCUT2D eigenvalue weighted by Gasteiger charge is 2.46. The van der Waals surface area contributed by atoms with Gasteiger partial charge in [-0.05, 0) is 67.3 Å². The second-order valence-electron chi connectivity index (χ2n) is 7.64. The van der Waals surface area contributed by atoms with Crippen LogP contribution in [-0.4, -0.2) is 8.32 Å². The summed E-state index contributed by atoms with van der Waals surface area (Å²) in [6, 6.07) is 8.87. The zero-order valence-corrected chi connectivity index (χ0v) is 14.7. The summed E-state index contributed by atoms with van der Waals surface area (Å²) in [6.07, 6.45) is 14.7. The fourth-order valence-corrected chi connectivity index (χ4v) is 8.16. The lowest BCUT2D eigenvalue weighted by Gasteiger charge is -2.36. The van der Waals surface area contributed by atoms with E-state index < -0.39 is 8.32 Å². The van der Waals surface area contributed by atoms with Gasteiger partial charge in [-0.15, -0.1) is 0 Å². The van der Waals surface area contributed by atoms with Gasteiger partial charge in [-0.1, -0.05) is 48.6 Å². The largest absolute Gasteiger partial charge is 0.410 e. The van der Waals surface area contributed by atoms with Gasteiger partial charge in [-0.25, -0.2) is 0 Å². The van der Waals surface area contributed by atoms with Gasteiger partial charge >= 0.3 is 0 Å². The second-order valence-corrected chi connectivity index (χ2v) is 11.8. The number of aryl methyl sites for hydroxylation is 1. The van der Waals surface area contributed by atoms with Crippen LogP contribution in [0.4, 0.5) is 0 Å². The summed E-state index contributed by atoms with van der Waals surface area (Å²) < 4.78 is 6.84. The maximum atomic E-state index is 6.84. The van der Waals surface area contributed by atoms with E-state index >= 15 is 0 Å². The quantitative estimate of drug-likeness (QED) is 0.678. The summed E-state index contributed by atoms with van der Waals surface area (Å²) in [4.78, 5) is 0. The van der Waals surface area contributed by atoms with Crippen LogP contribution in [0.15, 0.2) is 48.6 Å². The van der Waals surface area contributed by atoms with Crippen LogP contribution in [0.1, 0.15) is 36.5 Å². The third-order valence-electron chi connectivity index (χ3n) is 5.99. The summed E-state index contributed by atoms with van der Waals surface area (Å²) >= 11 is 0. The van der Waals surface area contributed by atoms with Gasteiger partial charge in [0.15, 0.2) is 8.32 Å². The predicted octanol–water partition coefficient (Wildman–Crippen LogP) is 5.42. The van der Waals surface area contributed by atoms with E-state index in [1.807, 2.05) is 0 Å². The molecule has 3 aliphatic rings. The molecular weight excluding hydrogens is 284 g/mol. The second kappa shape index (κ2) is 5.50. The highest BCUT2D eigenvalue weighted by Crippen LogP contribution is 2.51. The molecule has 0 amide bonds. The molecule has 22 heavy (non-hydrogen) atoms. The summed E-state index contributed by atoms with van der Waals surface area (Å²) in [6.45, 7) is 4.90. The molecule has 0 spiro atoms. The number of hydrogen-bond acceptors (Lipinski definition) is 1.